The van der Waals surface area contributed by atoms with Crippen LogP contribution < -0.4 is 4.90 Å². The van der Waals surface area contributed by atoms with Crippen molar-refractivity contribution in [1.29, 1.82) is 0 Å². The van der Waals surface area contributed by atoms with Gasteiger partial charge in [-0.1, -0.05) is 6.92 Å². The van der Waals surface area contributed by atoms with Crippen LogP contribution in [0.5, 0.6) is 0 Å². The Bertz CT molecular complexity index is 574. The third-order valence-corrected chi connectivity index (χ3v) is 3.85. The molecule has 6 heteroatoms. The van der Waals surface area contributed by atoms with Crippen LogP contribution in [0.1, 0.15) is 32.4 Å². The average molecular weight is 275 g/mol. The van der Waals surface area contributed by atoms with Gasteiger partial charge in [-0.25, -0.2) is 0 Å². The molecule has 0 radical (unpaired) electrons. The van der Waals surface area contributed by atoms with E-state index in [2.05, 4.69) is 40.1 Å². The third-order valence-electron chi connectivity index (χ3n) is 3.85. The molecule has 3 heterocycles. The van der Waals surface area contributed by atoms with Gasteiger partial charge in [-0.15, -0.1) is 10.2 Å². The van der Waals surface area contributed by atoms with Crippen LogP contribution in [0, 0.1) is 0 Å². The molecule has 0 spiro atoms. The number of aromatic nitrogens is 4. The van der Waals surface area contributed by atoms with Crippen LogP contribution in [0.15, 0.2) is 12.4 Å². The molecule has 1 fully saturated rings. The fourth-order valence-electron chi connectivity index (χ4n) is 2.77. The van der Waals surface area contributed by atoms with Crippen LogP contribution in [-0.2, 0) is 11.2 Å². The molecule has 0 bridgehead atoms. The Labute approximate surface area is 118 Å². The van der Waals surface area contributed by atoms with Crippen molar-refractivity contribution in [3.63, 3.8) is 0 Å². The van der Waals surface area contributed by atoms with Gasteiger partial charge in [-0.2, -0.15) is 9.61 Å². The number of hydrogen-bond acceptors (Lipinski definition) is 5. The second kappa shape index (κ2) is 5.75. The predicted molar refractivity (Wildman–Crippen MR) is 77.0 cm³/mol. The summed E-state index contributed by atoms with van der Waals surface area (Å²) in [6.45, 7) is 6.97. The molecule has 1 aliphatic rings. The zero-order valence-corrected chi connectivity index (χ0v) is 12.1. The Hall–Kier alpha value is -1.69. The molecular formula is C14H21N5O. The molecule has 0 atom stereocenters. The highest BCUT2D eigenvalue weighted by Crippen LogP contribution is 2.25. The molecule has 0 aromatic carbocycles. The Morgan fingerprint density at radius 2 is 2.10 bits per heavy atom. The van der Waals surface area contributed by atoms with Crippen molar-refractivity contribution in [3.05, 3.63) is 18.1 Å². The molecule has 3 rings (SSSR count). The van der Waals surface area contributed by atoms with Crippen LogP contribution in [0.4, 0.5) is 5.69 Å². The third kappa shape index (κ3) is 2.47. The molecule has 1 aliphatic heterocycles. The van der Waals surface area contributed by atoms with E-state index in [1.165, 1.54) is 0 Å². The summed E-state index contributed by atoms with van der Waals surface area (Å²) in [4.78, 5) is 2.38. The highest BCUT2D eigenvalue weighted by Gasteiger charge is 2.22. The Morgan fingerprint density at radius 1 is 1.30 bits per heavy atom. The molecule has 2 aromatic rings. The van der Waals surface area contributed by atoms with E-state index in [4.69, 9.17) is 4.74 Å². The summed E-state index contributed by atoms with van der Waals surface area (Å²) < 4.78 is 7.49. The van der Waals surface area contributed by atoms with Crippen molar-refractivity contribution in [2.24, 2.45) is 0 Å². The van der Waals surface area contributed by atoms with E-state index in [0.717, 1.165) is 56.0 Å². The van der Waals surface area contributed by atoms with E-state index in [1.807, 2.05) is 0 Å². The molecule has 1 saturated heterocycles. The van der Waals surface area contributed by atoms with Crippen LogP contribution in [0.25, 0.3) is 5.65 Å². The lowest BCUT2D eigenvalue weighted by atomic mass is 10.1. The van der Waals surface area contributed by atoms with Crippen molar-refractivity contribution >= 4 is 11.3 Å². The summed E-state index contributed by atoms with van der Waals surface area (Å²) in [5.74, 6) is 0. The molecule has 0 N–H and O–H groups in total. The number of aryl methyl sites for hydroxylation is 1. The van der Waals surface area contributed by atoms with Crippen molar-refractivity contribution in [2.75, 3.05) is 24.6 Å². The van der Waals surface area contributed by atoms with Gasteiger partial charge in [-0.3, -0.25) is 0 Å². The number of hydrogen-bond donors (Lipinski definition) is 0. The zero-order chi connectivity index (χ0) is 13.9. The summed E-state index contributed by atoms with van der Waals surface area (Å²) in [6, 6.07) is 2.14. The van der Waals surface area contributed by atoms with Crippen LogP contribution in [0.2, 0.25) is 0 Å². The molecule has 108 valence electrons. The maximum Gasteiger partial charge on any atom is 0.200 e. The predicted octanol–water partition coefficient (Wildman–Crippen LogP) is 1.69. The number of anilines is 1. The lowest BCUT2D eigenvalue weighted by molar-refractivity contribution is 0.0459. The fraction of sp³-hybridized carbons (Fsp3) is 0.643. The Morgan fingerprint density at radius 3 is 2.80 bits per heavy atom. The Balaban J connectivity index is 1.85. The smallest absolute Gasteiger partial charge is 0.200 e. The normalized spacial score (nSPS) is 17.0. The van der Waals surface area contributed by atoms with Gasteiger partial charge >= 0.3 is 0 Å². The molecule has 0 aliphatic carbocycles. The van der Waals surface area contributed by atoms with Gasteiger partial charge in [-0.05, 0) is 32.3 Å². The maximum atomic E-state index is 5.71. The van der Waals surface area contributed by atoms with E-state index in [1.54, 1.807) is 10.8 Å². The number of ether oxygens (including phenoxy) is 1. The first kappa shape index (κ1) is 13.3. The van der Waals surface area contributed by atoms with E-state index in [0.29, 0.717) is 6.10 Å². The summed E-state index contributed by atoms with van der Waals surface area (Å²) in [6.07, 6.45) is 5.12. The molecule has 0 unspecified atom stereocenters. The van der Waals surface area contributed by atoms with Gasteiger partial charge in [0.2, 0.25) is 5.65 Å². The monoisotopic (exact) mass is 275 g/mol. The van der Waals surface area contributed by atoms with Crippen LogP contribution >= 0.6 is 0 Å². The first-order valence-electron chi connectivity index (χ1n) is 7.38. The molecular weight excluding hydrogens is 254 g/mol. The van der Waals surface area contributed by atoms with Crippen molar-refractivity contribution < 1.29 is 4.74 Å². The molecule has 20 heavy (non-hydrogen) atoms. The molecule has 0 saturated carbocycles. The summed E-state index contributed by atoms with van der Waals surface area (Å²) >= 11 is 0. The minimum atomic E-state index is 0.401. The van der Waals surface area contributed by atoms with Crippen LogP contribution in [-0.4, -0.2) is 45.6 Å². The number of nitrogens with zero attached hydrogens (tertiary/aromatic N) is 5. The zero-order valence-electron chi connectivity index (χ0n) is 12.1. The van der Waals surface area contributed by atoms with Crippen molar-refractivity contribution in [3.8, 4) is 0 Å². The Kier molecular flexibility index (Phi) is 3.82. The minimum absolute atomic E-state index is 0.401. The lowest BCUT2D eigenvalue weighted by Crippen LogP contribution is -2.37. The fourth-order valence-corrected chi connectivity index (χ4v) is 2.77. The van der Waals surface area contributed by atoms with E-state index < -0.39 is 0 Å². The first-order valence-corrected chi connectivity index (χ1v) is 7.38. The second-order valence-corrected chi connectivity index (χ2v) is 5.12. The van der Waals surface area contributed by atoms with Gasteiger partial charge in [0.15, 0.2) is 0 Å². The van der Waals surface area contributed by atoms with E-state index in [9.17, 15) is 0 Å². The SMILES string of the molecule is CCOC1CCN(c2cc(CC)nn3cnnc23)CC1. The summed E-state index contributed by atoms with van der Waals surface area (Å²) in [7, 11) is 0. The van der Waals surface area contributed by atoms with Gasteiger partial charge in [0.05, 0.1) is 17.5 Å². The number of rotatable bonds is 4. The highest BCUT2D eigenvalue weighted by atomic mass is 16.5. The number of piperidine rings is 1. The molecule has 2 aromatic heterocycles. The standard InChI is InChI=1S/C14H21N5O/c1-3-11-9-13(14-16-15-10-19(14)17-11)18-7-5-12(6-8-18)20-4-2/h9-10,12H,3-8H2,1-2H3. The second-order valence-electron chi connectivity index (χ2n) is 5.12. The van der Waals surface area contributed by atoms with E-state index >= 15 is 0 Å². The van der Waals surface area contributed by atoms with Gasteiger partial charge in [0, 0.05) is 19.7 Å². The minimum Gasteiger partial charge on any atom is -0.378 e. The van der Waals surface area contributed by atoms with Gasteiger partial charge < -0.3 is 9.64 Å². The van der Waals surface area contributed by atoms with Crippen LogP contribution in [0.3, 0.4) is 0 Å². The summed E-state index contributed by atoms with van der Waals surface area (Å²) in [5.41, 5.74) is 3.06. The van der Waals surface area contributed by atoms with Gasteiger partial charge in [0.25, 0.3) is 0 Å². The number of fused-ring (bicyclic) bond motifs is 1. The first-order chi connectivity index (χ1) is 9.81. The molecule has 6 nitrogen and oxygen atoms in total. The highest BCUT2D eigenvalue weighted by molar-refractivity contribution is 5.68. The quantitative estimate of drug-likeness (QED) is 0.850. The lowest BCUT2D eigenvalue weighted by Gasteiger charge is -2.33. The maximum absolute atomic E-state index is 5.71. The average Bonchev–Trinajstić information content (AvgIpc) is 2.95. The molecule has 0 amide bonds. The topological polar surface area (TPSA) is 55.5 Å². The largest absolute Gasteiger partial charge is 0.378 e. The van der Waals surface area contributed by atoms with Crippen molar-refractivity contribution in [2.45, 2.75) is 39.2 Å². The van der Waals surface area contributed by atoms with Gasteiger partial charge in [0.1, 0.15) is 6.33 Å². The van der Waals surface area contributed by atoms with Crippen molar-refractivity contribution in [1.82, 2.24) is 19.8 Å². The summed E-state index contributed by atoms with van der Waals surface area (Å²) in [5, 5.41) is 12.7. The van der Waals surface area contributed by atoms with E-state index in [-0.39, 0.29) is 0 Å².